The molecule has 0 fully saturated rings. The SMILES string of the molecule is C#CN(/C=C\N)CCS(=O)(=O)Nc1cc(-c2ccccc2)ccc1C(=O)O. The summed E-state index contributed by atoms with van der Waals surface area (Å²) in [5.74, 6) is -1.57. The van der Waals surface area contributed by atoms with Crippen LogP contribution in [0, 0.1) is 12.5 Å². The summed E-state index contributed by atoms with van der Waals surface area (Å²) in [7, 11) is -3.84. The molecule has 0 aliphatic heterocycles. The molecule has 0 aliphatic rings. The van der Waals surface area contributed by atoms with E-state index in [1.807, 2.05) is 30.3 Å². The number of terminal acetylenes is 1. The normalized spacial score (nSPS) is 11.1. The summed E-state index contributed by atoms with van der Waals surface area (Å²) in [4.78, 5) is 12.7. The van der Waals surface area contributed by atoms with Crippen LogP contribution in [0.15, 0.2) is 60.9 Å². The number of hydrogen-bond donors (Lipinski definition) is 3. The number of nitrogens with zero attached hydrogens (tertiary/aromatic N) is 1. The van der Waals surface area contributed by atoms with Gasteiger partial charge < -0.3 is 15.7 Å². The van der Waals surface area contributed by atoms with Crippen LogP contribution in [-0.4, -0.2) is 36.7 Å². The smallest absolute Gasteiger partial charge is 0.337 e. The van der Waals surface area contributed by atoms with Crippen molar-refractivity contribution in [2.75, 3.05) is 17.0 Å². The van der Waals surface area contributed by atoms with E-state index >= 15 is 0 Å². The second-order valence-corrected chi connectivity index (χ2v) is 7.36. The third-order valence-corrected chi connectivity index (χ3v) is 4.91. The average molecular weight is 385 g/mol. The van der Waals surface area contributed by atoms with Crippen molar-refractivity contribution in [3.8, 4) is 23.6 Å². The Labute approximate surface area is 158 Å². The van der Waals surface area contributed by atoms with E-state index in [9.17, 15) is 18.3 Å². The van der Waals surface area contributed by atoms with Crippen molar-refractivity contribution in [1.82, 2.24) is 4.90 Å². The van der Waals surface area contributed by atoms with E-state index in [1.54, 1.807) is 6.07 Å². The molecule has 0 aliphatic carbocycles. The standard InChI is InChI=1S/C19H19N3O4S/c1-2-22(11-10-20)12-13-27(25,26)21-18-14-16(8-9-17(18)19(23)24)15-6-4-3-5-7-15/h1,3-11,14,21H,12-13,20H2,(H,23,24)/b11-10-. The molecule has 2 aromatic carbocycles. The number of rotatable bonds is 8. The molecule has 0 atom stereocenters. The first kappa shape index (κ1) is 19.9. The highest BCUT2D eigenvalue weighted by atomic mass is 32.2. The maximum Gasteiger partial charge on any atom is 0.337 e. The summed E-state index contributed by atoms with van der Waals surface area (Å²) >= 11 is 0. The fraction of sp³-hybridized carbons (Fsp3) is 0.105. The largest absolute Gasteiger partial charge is 0.478 e. The lowest BCUT2D eigenvalue weighted by atomic mass is 10.0. The van der Waals surface area contributed by atoms with E-state index in [1.165, 1.54) is 29.4 Å². The molecule has 0 saturated carbocycles. The lowest BCUT2D eigenvalue weighted by Gasteiger charge is -2.15. The number of aromatic carboxylic acids is 1. The second-order valence-electron chi connectivity index (χ2n) is 5.52. The van der Waals surface area contributed by atoms with Crippen LogP contribution >= 0.6 is 0 Å². The van der Waals surface area contributed by atoms with Crippen molar-refractivity contribution in [1.29, 1.82) is 0 Å². The third kappa shape index (κ3) is 5.52. The van der Waals surface area contributed by atoms with Crippen LogP contribution in [0.4, 0.5) is 5.69 Å². The summed E-state index contributed by atoms with van der Waals surface area (Å²) in [5.41, 5.74) is 6.62. The highest BCUT2D eigenvalue weighted by Crippen LogP contribution is 2.26. The molecule has 0 saturated heterocycles. The molecule has 8 heteroatoms. The Morgan fingerprint density at radius 3 is 2.52 bits per heavy atom. The Balaban J connectivity index is 2.30. The molecule has 4 N–H and O–H groups in total. The van der Waals surface area contributed by atoms with Gasteiger partial charge in [0.1, 0.15) is 0 Å². The minimum Gasteiger partial charge on any atom is -0.478 e. The number of nitrogens with two attached hydrogens (primary N) is 1. The van der Waals surface area contributed by atoms with E-state index in [4.69, 9.17) is 12.2 Å². The molecule has 0 spiro atoms. The van der Waals surface area contributed by atoms with Crippen molar-refractivity contribution in [3.05, 3.63) is 66.5 Å². The lowest BCUT2D eigenvalue weighted by molar-refractivity contribution is 0.0698. The fourth-order valence-electron chi connectivity index (χ4n) is 2.35. The zero-order valence-corrected chi connectivity index (χ0v) is 15.2. The number of hydrogen-bond acceptors (Lipinski definition) is 5. The number of carboxylic acids is 1. The molecule has 7 nitrogen and oxygen atoms in total. The molecular formula is C19H19N3O4S. The van der Waals surface area contributed by atoms with Gasteiger partial charge in [0.15, 0.2) is 0 Å². The fourth-order valence-corrected chi connectivity index (χ4v) is 3.39. The summed E-state index contributed by atoms with van der Waals surface area (Å²) in [6, 6.07) is 16.0. The molecule has 2 aromatic rings. The Bertz CT molecular complexity index is 980. The molecule has 140 valence electrons. The van der Waals surface area contributed by atoms with Gasteiger partial charge in [-0.25, -0.2) is 13.2 Å². The van der Waals surface area contributed by atoms with Crippen molar-refractivity contribution in [2.24, 2.45) is 5.73 Å². The maximum atomic E-state index is 12.4. The van der Waals surface area contributed by atoms with Crippen LogP contribution in [0.25, 0.3) is 11.1 Å². The van der Waals surface area contributed by atoms with Gasteiger partial charge in [0.2, 0.25) is 10.0 Å². The second kappa shape index (κ2) is 8.78. The van der Waals surface area contributed by atoms with E-state index in [0.717, 1.165) is 5.56 Å². The molecule has 0 radical (unpaired) electrons. The Hall–Kier alpha value is -3.44. The Kier molecular flexibility index (Phi) is 6.46. The van der Waals surface area contributed by atoms with Crippen LogP contribution in [0.5, 0.6) is 0 Å². The number of anilines is 1. The number of nitrogens with one attached hydrogen (secondary N) is 1. The van der Waals surface area contributed by atoms with Crippen molar-refractivity contribution >= 4 is 21.7 Å². The van der Waals surface area contributed by atoms with E-state index in [-0.39, 0.29) is 23.5 Å². The molecule has 0 bridgehead atoms. The van der Waals surface area contributed by atoms with Gasteiger partial charge in [-0.3, -0.25) is 4.72 Å². The molecule has 0 heterocycles. The van der Waals surface area contributed by atoms with Crippen LogP contribution in [-0.2, 0) is 10.0 Å². The van der Waals surface area contributed by atoms with Gasteiger partial charge in [-0.1, -0.05) is 42.8 Å². The minimum atomic E-state index is -3.84. The average Bonchev–Trinajstić information content (AvgIpc) is 2.65. The number of carbonyl (C=O) groups is 1. The number of sulfonamides is 1. The summed E-state index contributed by atoms with van der Waals surface area (Å²) < 4.78 is 27.1. The number of carboxylic acid groups (broad SMARTS) is 1. The van der Waals surface area contributed by atoms with Crippen LogP contribution in [0.1, 0.15) is 10.4 Å². The van der Waals surface area contributed by atoms with Gasteiger partial charge in [0.25, 0.3) is 0 Å². The van der Waals surface area contributed by atoms with E-state index in [0.29, 0.717) is 5.56 Å². The monoisotopic (exact) mass is 385 g/mol. The molecule has 0 amide bonds. The van der Waals surface area contributed by atoms with Crippen LogP contribution in [0.2, 0.25) is 0 Å². The molecule has 2 rings (SSSR count). The first-order valence-corrected chi connectivity index (χ1v) is 9.56. The first-order valence-electron chi connectivity index (χ1n) is 7.91. The zero-order chi connectivity index (χ0) is 19.9. The molecule has 0 aromatic heterocycles. The third-order valence-electron chi connectivity index (χ3n) is 3.66. The highest BCUT2D eigenvalue weighted by Gasteiger charge is 2.18. The lowest BCUT2D eigenvalue weighted by Crippen LogP contribution is -2.26. The van der Waals surface area contributed by atoms with Crippen molar-refractivity contribution in [2.45, 2.75) is 0 Å². The predicted molar refractivity (Wildman–Crippen MR) is 105 cm³/mol. The Morgan fingerprint density at radius 1 is 1.22 bits per heavy atom. The predicted octanol–water partition coefficient (Wildman–Crippen LogP) is 2.12. The molecule has 27 heavy (non-hydrogen) atoms. The van der Waals surface area contributed by atoms with E-state index < -0.39 is 16.0 Å². The summed E-state index contributed by atoms with van der Waals surface area (Å²) in [5, 5.41) is 9.36. The van der Waals surface area contributed by atoms with Gasteiger partial charge in [-0.15, -0.1) is 0 Å². The minimum absolute atomic E-state index is 0.000312. The Morgan fingerprint density at radius 2 is 1.93 bits per heavy atom. The highest BCUT2D eigenvalue weighted by molar-refractivity contribution is 7.92. The molecular weight excluding hydrogens is 366 g/mol. The van der Waals surface area contributed by atoms with E-state index in [2.05, 4.69) is 10.8 Å². The van der Waals surface area contributed by atoms with Crippen molar-refractivity contribution in [3.63, 3.8) is 0 Å². The molecule has 0 unspecified atom stereocenters. The van der Waals surface area contributed by atoms with Crippen LogP contribution in [0.3, 0.4) is 0 Å². The van der Waals surface area contributed by atoms with Gasteiger partial charge in [0.05, 0.1) is 17.0 Å². The van der Waals surface area contributed by atoms with Gasteiger partial charge in [0, 0.05) is 25.0 Å². The quantitative estimate of drug-likeness (QED) is 0.474. The zero-order valence-electron chi connectivity index (χ0n) is 14.4. The van der Waals surface area contributed by atoms with Gasteiger partial charge in [-0.05, 0) is 23.3 Å². The summed E-state index contributed by atoms with van der Waals surface area (Å²) in [6.45, 7) is 0.000312. The summed E-state index contributed by atoms with van der Waals surface area (Å²) in [6.07, 6.45) is 7.83. The first-order chi connectivity index (χ1) is 12.9. The van der Waals surface area contributed by atoms with Crippen LogP contribution < -0.4 is 10.5 Å². The number of benzene rings is 2. The van der Waals surface area contributed by atoms with Gasteiger partial charge >= 0.3 is 5.97 Å². The topological polar surface area (TPSA) is 113 Å². The van der Waals surface area contributed by atoms with Crippen molar-refractivity contribution < 1.29 is 18.3 Å². The maximum absolute atomic E-state index is 12.4. The van der Waals surface area contributed by atoms with Gasteiger partial charge in [-0.2, -0.15) is 0 Å².